The Morgan fingerprint density at radius 1 is 1.15 bits per heavy atom. The molecule has 0 radical (unpaired) electrons. The van der Waals surface area contributed by atoms with Gasteiger partial charge in [0, 0.05) is 6.54 Å². The number of carbonyl (C=O) groups is 1. The molecular formula is C19H21N5OS. The fourth-order valence-corrected chi connectivity index (χ4v) is 3.25. The van der Waals surface area contributed by atoms with Gasteiger partial charge in [0.05, 0.1) is 11.4 Å². The number of rotatable bonds is 7. The van der Waals surface area contributed by atoms with E-state index in [1.54, 1.807) is 4.68 Å². The number of carbonyl (C=O) groups excluding carboxylic acids is 1. The zero-order valence-corrected chi connectivity index (χ0v) is 15.7. The Morgan fingerprint density at radius 2 is 1.96 bits per heavy atom. The van der Waals surface area contributed by atoms with Crippen molar-refractivity contribution in [2.45, 2.75) is 25.4 Å². The zero-order valence-electron chi connectivity index (χ0n) is 14.8. The lowest BCUT2D eigenvalue weighted by molar-refractivity contribution is -0.118. The molecule has 0 saturated carbocycles. The first-order valence-electron chi connectivity index (χ1n) is 8.43. The number of hydrogen-bond acceptors (Lipinski definition) is 5. The molecule has 0 atom stereocenters. The largest absolute Gasteiger partial charge is 0.355 e. The molecule has 0 spiro atoms. The van der Waals surface area contributed by atoms with Crippen molar-refractivity contribution in [1.82, 2.24) is 25.5 Å². The summed E-state index contributed by atoms with van der Waals surface area (Å²) >= 11 is 1.33. The van der Waals surface area contributed by atoms with Crippen LogP contribution in [0.3, 0.4) is 0 Å². The highest BCUT2D eigenvalue weighted by Crippen LogP contribution is 2.21. The predicted octanol–water partition coefficient (Wildman–Crippen LogP) is 2.73. The number of aromatic nitrogens is 4. The maximum atomic E-state index is 12.1. The van der Waals surface area contributed by atoms with Gasteiger partial charge < -0.3 is 5.32 Å². The first kappa shape index (κ1) is 18.1. The standard InChI is InChI=1S/C19H21N5OS/c1-14-8-9-15(2)17(12-14)24-19(21-22-23-24)26-13-18(25)20-11-10-16-6-4-3-5-7-16/h3-9,12H,10-11,13H2,1-2H3,(H,20,25). The van der Waals surface area contributed by atoms with Crippen molar-refractivity contribution in [2.75, 3.05) is 12.3 Å². The third-order valence-corrected chi connectivity index (χ3v) is 4.86. The van der Waals surface area contributed by atoms with Crippen LogP contribution in [0, 0.1) is 13.8 Å². The summed E-state index contributed by atoms with van der Waals surface area (Å²) in [5.41, 5.74) is 4.36. The van der Waals surface area contributed by atoms with Crippen LogP contribution in [0.15, 0.2) is 53.7 Å². The van der Waals surface area contributed by atoms with Gasteiger partial charge in [-0.05, 0) is 53.5 Å². The summed E-state index contributed by atoms with van der Waals surface area (Å²) in [7, 11) is 0. The van der Waals surface area contributed by atoms with Crippen LogP contribution in [0.4, 0.5) is 0 Å². The van der Waals surface area contributed by atoms with E-state index in [-0.39, 0.29) is 11.7 Å². The molecule has 6 nitrogen and oxygen atoms in total. The highest BCUT2D eigenvalue weighted by atomic mass is 32.2. The fourth-order valence-electron chi connectivity index (χ4n) is 2.54. The normalized spacial score (nSPS) is 10.7. The van der Waals surface area contributed by atoms with Crippen LogP contribution in [-0.4, -0.2) is 38.4 Å². The molecule has 134 valence electrons. The van der Waals surface area contributed by atoms with Crippen molar-refractivity contribution < 1.29 is 4.79 Å². The average Bonchev–Trinajstić information content (AvgIpc) is 3.11. The van der Waals surface area contributed by atoms with E-state index in [0.29, 0.717) is 11.7 Å². The first-order valence-corrected chi connectivity index (χ1v) is 9.41. The summed E-state index contributed by atoms with van der Waals surface area (Å²) < 4.78 is 1.68. The summed E-state index contributed by atoms with van der Waals surface area (Å²) in [5.74, 6) is 0.251. The molecule has 0 aliphatic rings. The van der Waals surface area contributed by atoms with Gasteiger partial charge in [-0.25, -0.2) is 0 Å². The summed E-state index contributed by atoms with van der Waals surface area (Å²) in [6, 6.07) is 16.2. The molecule has 1 aromatic heterocycles. The maximum Gasteiger partial charge on any atom is 0.230 e. The van der Waals surface area contributed by atoms with E-state index in [9.17, 15) is 4.79 Å². The second-order valence-corrected chi connectivity index (χ2v) is 6.98. The first-order chi connectivity index (χ1) is 12.6. The number of nitrogens with zero attached hydrogens (tertiary/aromatic N) is 4. The van der Waals surface area contributed by atoms with E-state index in [0.717, 1.165) is 23.2 Å². The monoisotopic (exact) mass is 367 g/mol. The van der Waals surface area contributed by atoms with E-state index in [4.69, 9.17) is 0 Å². The molecule has 26 heavy (non-hydrogen) atoms. The predicted molar refractivity (Wildman–Crippen MR) is 103 cm³/mol. The van der Waals surface area contributed by atoms with Crippen LogP contribution in [0.2, 0.25) is 0 Å². The Morgan fingerprint density at radius 3 is 2.77 bits per heavy atom. The Kier molecular flexibility index (Phi) is 6.01. The van der Waals surface area contributed by atoms with Crippen LogP contribution in [0.1, 0.15) is 16.7 Å². The third-order valence-electron chi connectivity index (χ3n) is 3.94. The van der Waals surface area contributed by atoms with Gasteiger partial charge in [0.15, 0.2) is 0 Å². The van der Waals surface area contributed by atoms with Crippen molar-refractivity contribution in [3.63, 3.8) is 0 Å². The van der Waals surface area contributed by atoms with Crippen LogP contribution in [0.5, 0.6) is 0 Å². The molecule has 7 heteroatoms. The minimum atomic E-state index is -0.0264. The number of nitrogens with one attached hydrogen (secondary N) is 1. The molecule has 0 aliphatic heterocycles. The molecule has 0 saturated heterocycles. The lowest BCUT2D eigenvalue weighted by Crippen LogP contribution is -2.27. The Labute approximate surface area is 157 Å². The van der Waals surface area contributed by atoms with Crippen molar-refractivity contribution in [2.24, 2.45) is 0 Å². The Balaban J connectivity index is 1.55. The number of tetrazole rings is 1. The molecule has 1 heterocycles. The third kappa shape index (κ3) is 4.70. The molecule has 0 fully saturated rings. The van der Waals surface area contributed by atoms with Crippen molar-refractivity contribution in [1.29, 1.82) is 0 Å². The van der Waals surface area contributed by atoms with E-state index in [1.165, 1.54) is 17.3 Å². The number of hydrogen-bond donors (Lipinski definition) is 1. The van der Waals surface area contributed by atoms with Gasteiger partial charge in [0.2, 0.25) is 11.1 Å². The smallest absolute Gasteiger partial charge is 0.230 e. The van der Waals surface area contributed by atoms with Crippen molar-refractivity contribution in [3.05, 3.63) is 65.2 Å². The van der Waals surface area contributed by atoms with Gasteiger partial charge in [0.1, 0.15) is 0 Å². The van der Waals surface area contributed by atoms with Crippen molar-refractivity contribution >= 4 is 17.7 Å². The topological polar surface area (TPSA) is 72.7 Å². The Bertz CT molecular complexity index is 879. The quantitative estimate of drug-likeness (QED) is 0.650. The Hall–Kier alpha value is -2.67. The zero-order chi connectivity index (χ0) is 18.4. The summed E-state index contributed by atoms with van der Waals surface area (Å²) in [4.78, 5) is 12.1. The van der Waals surface area contributed by atoms with Gasteiger partial charge in [0.25, 0.3) is 0 Å². The SMILES string of the molecule is Cc1ccc(C)c(-n2nnnc2SCC(=O)NCCc2ccccc2)c1. The van der Waals surface area contributed by atoms with E-state index < -0.39 is 0 Å². The molecule has 1 amide bonds. The number of benzene rings is 2. The molecular weight excluding hydrogens is 346 g/mol. The molecule has 2 aromatic carbocycles. The molecule has 0 aliphatic carbocycles. The molecule has 1 N–H and O–H groups in total. The summed E-state index contributed by atoms with van der Waals surface area (Å²) in [6.45, 7) is 4.66. The highest BCUT2D eigenvalue weighted by molar-refractivity contribution is 7.99. The van der Waals surface area contributed by atoms with Crippen LogP contribution in [-0.2, 0) is 11.2 Å². The van der Waals surface area contributed by atoms with Crippen LogP contribution < -0.4 is 5.32 Å². The van der Waals surface area contributed by atoms with Gasteiger partial charge in [-0.2, -0.15) is 4.68 Å². The minimum Gasteiger partial charge on any atom is -0.355 e. The molecule has 0 unspecified atom stereocenters. The average molecular weight is 367 g/mol. The van der Waals surface area contributed by atoms with Gasteiger partial charge in [-0.15, -0.1) is 5.10 Å². The van der Waals surface area contributed by atoms with E-state index in [2.05, 4.69) is 39.0 Å². The summed E-state index contributed by atoms with van der Waals surface area (Å²) in [5, 5.41) is 15.4. The van der Waals surface area contributed by atoms with Gasteiger partial charge in [-0.3, -0.25) is 4.79 Å². The van der Waals surface area contributed by atoms with Gasteiger partial charge in [-0.1, -0.05) is 54.2 Å². The van der Waals surface area contributed by atoms with E-state index in [1.807, 2.05) is 44.2 Å². The minimum absolute atomic E-state index is 0.0264. The van der Waals surface area contributed by atoms with Crippen LogP contribution in [0.25, 0.3) is 5.69 Å². The number of aryl methyl sites for hydroxylation is 2. The second kappa shape index (κ2) is 8.62. The number of amides is 1. The number of thioether (sulfide) groups is 1. The molecule has 0 bridgehead atoms. The molecule has 3 aromatic rings. The molecule has 3 rings (SSSR count). The lowest BCUT2D eigenvalue weighted by atomic mass is 10.1. The lowest BCUT2D eigenvalue weighted by Gasteiger charge is -2.09. The van der Waals surface area contributed by atoms with Crippen LogP contribution >= 0.6 is 11.8 Å². The van der Waals surface area contributed by atoms with Gasteiger partial charge >= 0.3 is 0 Å². The van der Waals surface area contributed by atoms with E-state index >= 15 is 0 Å². The van der Waals surface area contributed by atoms with Crippen molar-refractivity contribution in [3.8, 4) is 5.69 Å². The second-order valence-electron chi connectivity index (χ2n) is 6.04. The highest BCUT2D eigenvalue weighted by Gasteiger charge is 2.13. The maximum absolute atomic E-state index is 12.1. The fraction of sp³-hybridized carbons (Fsp3) is 0.263. The summed E-state index contributed by atoms with van der Waals surface area (Å²) in [6.07, 6.45) is 0.817.